The molecule has 1 aromatic carbocycles. The van der Waals surface area contributed by atoms with E-state index in [-0.39, 0.29) is 0 Å². The smallest absolute Gasteiger partial charge is 0.0136 e. The van der Waals surface area contributed by atoms with Gasteiger partial charge in [-0.1, -0.05) is 50.1 Å². The zero-order valence-corrected chi connectivity index (χ0v) is 9.58. The van der Waals surface area contributed by atoms with Crippen molar-refractivity contribution in [2.24, 2.45) is 5.73 Å². The number of benzene rings is 1. The normalized spacial score (nSPS) is 20.7. The van der Waals surface area contributed by atoms with Crippen LogP contribution in [0.5, 0.6) is 0 Å². The molecule has 0 spiro atoms. The van der Waals surface area contributed by atoms with E-state index in [4.69, 9.17) is 5.73 Å². The SMILES string of the molecule is CCC[C@@H](N)C1(c2ccccc2)CCC1. The summed E-state index contributed by atoms with van der Waals surface area (Å²) in [7, 11) is 0. The maximum Gasteiger partial charge on any atom is 0.0136 e. The van der Waals surface area contributed by atoms with Gasteiger partial charge in [-0.2, -0.15) is 0 Å². The summed E-state index contributed by atoms with van der Waals surface area (Å²) in [6, 6.07) is 11.2. The molecule has 0 radical (unpaired) electrons. The molecule has 2 N–H and O–H groups in total. The lowest BCUT2D eigenvalue weighted by atomic mass is 9.59. The molecule has 0 unspecified atom stereocenters. The molecule has 0 aliphatic heterocycles. The molecule has 0 bridgehead atoms. The van der Waals surface area contributed by atoms with Crippen molar-refractivity contribution < 1.29 is 0 Å². The van der Waals surface area contributed by atoms with Crippen LogP contribution in [0.1, 0.15) is 44.6 Å². The minimum atomic E-state index is 0.303. The Bertz CT molecular complexity index is 300. The Labute approximate surface area is 92.7 Å². The second-order valence-corrected chi connectivity index (χ2v) is 4.77. The average Bonchev–Trinajstić information content (AvgIpc) is 2.18. The second-order valence-electron chi connectivity index (χ2n) is 4.77. The standard InChI is InChI=1S/C14H21N/c1-2-7-13(15)14(10-6-11-14)12-8-4-3-5-9-12/h3-5,8-9,13H,2,6-7,10-11,15H2,1H3/t13-/m1/s1. The van der Waals surface area contributed by atoms with Crippen molar-refractivity contribution in [2.75, 3.05) is 0 Å². The van der Waals surface area contributed by atoms with Crippen LogP contribution < -0.4 is 5.73 Å². The van der Waals surface area contributed by atoms with Crippen LogP contribution in [0.25, 0.3) is 0 Å². The highest BCUT2D eigenvalue weighted by Gasteiger charge is 2.42. The van der Waals surface area contributed by atoms with Gasteiger partial charge in [-0.05, 0) is 24.8 Å². The zero-order chi connectivity index (χ0) is 10.7. The largest absolute Gasteiger partial charge is 0.327 e. The Morgan fingerprint density at radius 2 is 1.93 bits per heavy atom. The molecule has 82 valence electrons. The number of nitrogens with two attached hydrogens (primary N) is 1. The van der Waals surface area contributed by atoms with Crippen LogP contribution >= 0.6 is 0 Å². The molecule has 15 heavy (non-hydrogen) atoms. The van der Waals surface area contributed by atoms with Crippen molar-refractivity contribution in [3.05, 3.63) is 35.9 Å². The Morgan fingerprint density at radius 3 is 2.40 bits per heavy atom. The minimum Gasteiger partial charge on any atom is -0.327 e. The molecular formula is C14H21N. The molecule has 1 saturated carbocycles. The fraction of sp³-hybridized carbons (Fsp3) is 0.571. The van der Waals surface area contributed by atoms with E-state index in [0.717, 1.165) is 6.42 Å². The van der Waals surface area contributed by atoms with Crippen LogP contribution in [-0.4, -0.2) is 6.04 Å². The van der Waals surface area contributed by atoms with Gasteiger partial charge in [-0.15, -0.1) is 0 Å². The summed E-state index contributed by atoms with van der Waals surface area (Å²) in [4.78, 5) is 0. The Morgan fingerprint density at radius 1 is 1.27 bits per heavy atom. The molecule has 0 saturated heterocycles. The number of hydrogen-bond donors (Lipinski definition) is 1. The third kappa shape index (κ3) is 1.81. The fourth-order valence-electron chi connectivity index (χ4n) is 2.79. The third-order valence-electron chi connectivity index (χ3n) is 3.90. The van der Waals surface area contributed by atoms with E-state index in [0.29, 0.717) is 11.5 Å². The molecule has 1 nitrogen and oxygen atoms in total. The van der Waals surface area contributed by atoms with Gasteiger partial charge in [0.1, 0.15) is 0 Å². The van der Waals surface area contributed by atoms with Crippen LogP contribution in [-0.2, 0) is 5.41 Å². The van der Waals surface area contributed by atoms with Gasteiger partial charge in [0.15, 0.2) is 0 Å². The van der Waals surface area contributed by atoms with E-state index in [2.05, 4.69) is 37.3 Å². The fourth-order valence-corrected chi connectivity index (χ4v) is 2.79. The van der Waals surface area contributed by atoms with Crippen molar-refractivity contribution in [1.82, 2.24) is 0 Å². The molecule has 1 fully saturated rings. The van der Waals surface area contributed by atoms with Gasteiger partial charge in [-0.3, -0.25) is 0 Å². The minimum absolute atomic E-state index is 0.303. The monoisotopic (exact) mass is 203 g/mol. The first-order chi connectivity index (χ1) is 7.29. The van der Waals surface area contributed by atoms with Crippen molar-refractivity contribution >= 4 is 0 Å². The molecule has 2 rings (SSSR count). The molecule has 1 aliphatic rings. The van der Waals surface area contributed by atoms with E-state index in [1.54, 1.807) is 0 Å². The lowest BCUT2D eigenvalue weighted by molar-refractivity contribution is 0.188. The third-order valence-corrected chi connectivity index (χ3v) is 3.90. The van der Waals surface area contributed by atoms with E-state index in [9.17, 15) is 0 Å². The van der Waals surface area contributed by atoms with Crippen molar-refractivity contribution in [3.63, 3.8) is 0 Å². The molecule has 1 atom stereocenters. The number of hydrogen-bond acceptors (Lipinski definition) is 1. The quantitative estimate of drug-likeness (QED) is 0.798. The maximum absolute atomic E-state index is 6.36. The van der Waals surface area contributed by atoms with Crippen LogP contribution in [0, 0.1) is 0 Å². The summed E-state index contributed by atoms with van der Waals surface area (Å²) in [5.41, 5.74) is 8.12. The van der Waals surface area contributed by atoms with Crippen molar-refractivity contribution in [2.45, 2.75) is 50.5 Å². The molecule has 0 heterocycles. The van der Waals surface area contributed by atoms with Crippen LogP contribution in [0.4, 0.5) is 0 Å². The number of rotatable bonds is 4. The molecule has 1 aromatic rings. The molecule has 0 aromatic heterocycles. The summed E-state index contributed by atoms with van der Waals surface area (Å²) < 4.78 is 0. The predicted octanol–water partition coefficient (Wildman–Crippen LogP) is 3.24. The summed E-state index contributed by atoms with van der Waals surface area (Å²) in [6.45, 7) is 2.22. The topological polar surface area (TPSA) is 26.0 Å². The second kappa shape index (κ2) is 4.36. The molecular weight excluding hydrogens is 182 g/mol. The first-order valence-corrected chi connectivity index (χ1v) is 6.11. The van der Waals surface area contributed by atoms with E-state index in [1.165, 1.54) is 31.2 Å². The van der Waals surface area contributed by atoms with E-state index >= 15 is 0 Å². The molecule has 1 heteroatoms. The van der Waals surface area contributed by atoms with Crippen LogP contribution in [0.15, 0.2) is 30.3 Å². The highest BCUT2D eigenvalue weighted by molar-refractivity contribution is 5.30. The Kier molecular flexibility index (Phi) is 3.11. The first kappa shape index (κ1) is 10.7. The summed E-state index contributed by atoms with van der Waals surface area (Å²) in [5, 5.41) is 0. The van der Waals surface area contributed by atoms with Gasteiger partial charge in [0.05, 0.1) is 0 Å². The van der Waals surface area contributed by atoms with Crippen molar-refractivity contribution in [1.29, 1.82) is 0 Å². The van der Waals surface area contributed by atoms with Crippen LogP contribution in [0.3, 0.4) is 0 Å². The molecule has 1 aliphatic carbocycles. The van der Waals surface area contributed by atoms with Gasteiger partial charge >= 0.3 is 0 Å². The maximum atomic E-state index is 6.36. The Hall–Kier alpha value is -0.820. The molecule has 0 amide bonds. The van der Waals surface area contributed by atoms with Gasteiger partial charge in [0, 0.05) is 11.5 Å². The van der Waals surface area contributed by atoms with Gasteiger partial charge in [0.25, 0.3) is 0 Å². The van der Waals surface area contributed by atoms with Gasteiger partial charge in [-0.25, -0.2) is 0 Å². The van der Waals surface area contributed by atoms with Gasteiger partial charge in [0.2, 0.25) is 0 Å². The average molecular weight is 203 g/mol. The first-order valence-electron chi connectivity index (χ1n) is 6.11. The van der Waals surface area contributed by atoms with E-state index < -0.39 is 0 Å². The zero-order valence-electron chi connectivity index (χ0n) is 9.58. The lowest BCUT2D eigenvalue weighted by Gasteiger charge is -2.47. The summed E-state index contributed by atoms with van der Waals surface area (Å²) in [6.07, 6.45) is 6.23. The van der Waals surface area contributed by atoms with Crippen molar-refractivity contribution in [3.8, 4) is 0 Å². The highest BCUT2D eigenvalue weighted by Crippen LogP contribution is 2.46. The summed E-state index contributed by atoms with van der Waals surface area (Å²) >= 11 is 0. The lowest BCUT2D eigenvalue weighted by Crippen LogP contribution is -2.50. The highest BCUT2D eigenvalue weighted by atomic mass is 14.7. The predicted molar refractivity (Wildman–Crippen MR) is 64.9 cm³/mol. The summed E-state index contributed by atoms with van der Waals surface area (Å²) in [5.74, 6) is 0. The van der Waals surface area contributed by atoms with Crippen LogP contribution in [0.2, 0.25) is 0 Å². The van der Waals surface area contributed by atoms with Gasteiger partial charge < -0.3 is 5.73 Å². The van der Waals surface area contributed by atoms with E-state index in [1.807, 2.05) is 0 Å². The Balaban J connectivity index is 2.22.